The van der Waals surface area contributed by atoms with Gasteiger partial charge in [0.05, 0.1) is 0 Å². The molecule has 16 heavy (non-hydrogen) atoms. The van der Waals surface area contributed by atoms with Crippen molar-refractivity contribution in [1.29, 1.82) is 0 Å². The van der Waals surface area contributed by atoms with Crippen LogP contribution < -0.4 is 5.32 Å². The molecule has 88 valence electrons. The predicted octanol–water partition coefficient (Wildman–Crippen LogP) is 4.52. The number of hydrogen-bond acceptors (Lipinski definition) is 1. The highest BCUT2D eigenvalue weighted by molar-refractivity contribution is 9.10. The summed E-state index contributed by atoms with van der Waals surface area (Å²) in [5.41, 5.74) is 1.18. The molecule has 0 bridgehead atoms. The molecule has 3 heteroatoms. The molecule has 1 saturated carbocycles. The first-order valence-corrected chi connectivity index (χ1v) is 7.10. The normalized spacial score (nSPS) is 17.6. The van der Waals surface area contributed by atoms with Crippen molar-refractivity contribution in [3.63, 3.8) is 0 Å². The lowest BCUT2D eigenvalue weighted by molar-refractivity contribution is 0.372. The highest BCUT2D eigenvalue weighted by atomic mass is 79.9. The van der Waals surface area contributed by atoms with Crippen LogP contribution in [0, 0.1) is 0 Å². The summed E-state index contributed by atoms with van der Waals surface area (Å²) in [4.78, 5) is 0. The van der Waals surface area contributed by atoms with Gasteiger partial charge in [-0.3, -0.25) is 0 Å². The van der Waals surface area contributed by atoms with Gasteiger partial charge in [0.15, 0.2) is 0 Å². The van der Waals surface area contributed by atoms with E-state index in [1.165, 1.54) is 37.7 Å². The van der Waals surface area contributed by atoms with Crippen molar-refractivity contribution in [2.24, 2.45) is 0 Å². The second kappa shape index (κ2) is 6.04. The molecular formula is C13H17BrClN. The Kier molecular flexibility index (Phi) is 4.68. The Bertz CT molecular complexity index is 348. The van der Waals surface area contributed by atoms with Crippen molar-refractivity contribution in [3.8, 4) is 0 Å². The third kappa shape index (κ3) is 3.47. The van der Waals surface area contributed by atoms with Gasteiger partial charge in [-0.2, -0.15) is 0 Å². The van der Waals surface area contributed by atoms with E-state index in [9.17, 15) is 0 Å². The summed E-state index contributed by atoms with van der Waals surface area (Å²) in [6.45, 7) is 0.878. The van der Waals surface area contributed by atoms with Gasteiger partial charge in [-0.1, -0.05) is 46.8 Å². The zero-order chi connectivity index (χ0) is 11.4. The van der Waals surface area contributed by atoms with Gasteiger partial charge in [0.2, 0.25) is 0 Å². The van der Waals surface area contributed by atoms with E-state index in [-0.39, 0.29) is 0 Å². The molecule has 0 radical (unpaired) electrons. The van der Waals surface area contributed by atoms with Gasteiger partial charge in [-0.25, -0.2) is 0 Å². The molecule has 0 amide bonds. The molecule has 2 rings (SSSR count). The first-order valence-electron chi connectivity index (χ1n) is 5.93. The van der Waals surface area contributed by atoms with Crippen molar-refractivity contribution in [2.75, 3.05) is 0 Å². The SMILES string of the molecule is Clc1ccc(Br)cc1CNC1CCCCC1. The summed E-state index contributed by atoms with van der Waals surface area (Å²) in [7, 11) is 0. The van der Waals surface area contributed by atoms with Crippen molar-refractivity contribution in [3.05, 3.63) is 33.3 Å². The Balaban J connectivity index is 1.90. The zero-order valence-electron chi connectivity index (χ0n) is 9.31. The van der Waals surface area contributed by atoms with Crippen molar-refractivity contribution >= 4 is 27.5 Å². The Hall–Kier alpha value is -0.0500. The molecule has 1 aromatic carbocycles. The lowest BCUT2D eigenvalue weighted by Crippen LogP contribution is -2.30. The molecule has 1 aliphatic carbocycles. The number of hydrogen-bond donors (Lipinski definition) is 1. The van der Waals surface area contributed by atoms with Gasteiger partial charge in [-0.15, -0.1) is 0 Å². The predicted molar refractivity (Wildman–Crippen MR) is 72.9 cm³/mol. The van der Waals surface area contributed by atoms with E-state index < -0.39 is 0 Å². The first kappa shape index (κ1) is 12.4. The minimum absolute atomic E-state index is 0.684. The summed E-state index contributed by atoms with van der Waals surface area (Å²) >= 11 is 9.63. The molecule has 1 aliphatic rings. The highest BCUT2D eigenvalue weighted by Gasteiger charge is 2.12. The maximum Gasteiger partial charge on any atom is 0.0451 e. The molecule has 0 spiro atoms. The molecule has 0 saturated heterocycles. The molecule has 1 fully saturated rings. The van der Waals surface area contributed by atoms with Gasteiger partial charge in [-0.05, 0) is 36.6 Å². The van der Waals surface area contributed by atoms with Crippen molar-refractivity contribution in [2.45, 2.75) is 44.7 Å². The summed E-state index contributed by atoms with van der Waals surface area (Å²) < 4.78 is 1.09. The average molecular weight is 303 g/mol. The third-order valence-electron chi connectivity index (χ3n) is 3.19. The molecule has 1 N–H and O–H groups in total. The van der Waals surface area contributed by atoms with Crippen LogP contribution in [-0.4, -0.2) is 6.04 Å². The van der Waals surface area contributed by atoms with Crippen LogP contribution in [0.2, 0.25) is 5.02 Å². The fourth-order valence-electron chi connectivity index (χ4n) is 2.24. The first-order chi connectivity index (χ1) is 7.75. The average Bonchev–Trinajstić information content (AvgIpc) is 2.32. The summed E-state index contributed by atoms with van der Waals surface area (Å²) in [6, 6.07) is 6.71. The van der Waals surface area contributed by atoms with Gasteiger partial charge < -0.3 is 5.32 Å². The maximum atomic E-state index is 6.15. The Morgan fingerprint density at radius 1 is 1.25 bits per heavy atom. The van der Waals surface area contributed by atoms with E-state index in [1.54, 1.807) is 0 Å². The van der Waals surface area contributed by atoms with E-state index in [2.05, 4.69) is 27.3 Å². The maximum absolute atomic E-state index is 6.15. The smallest absolute Gasteiger partial charge is 0.0451 e. The lowest BCUT2D eigenvalue weighted by atomic mass is 9.95. The van der Waals surface area contributed by atoms with E-state index in [1.807, 2.05) is 12.1 Å². The summed E-state index contributed by atoms with van der Waals surface area (Å²) in [6.07, 6.45) is 6.75. The second-order valence-corrected chi connectivity index (χ2v) is 5.77. The third-order valence-corrected chi connectivity index (χ3v) is 4.06. The molecule has 0 aromatic heterocycles. The van der Waals surface area contributed by atoms with Crippen LogP contribution in [0.3, 0.4) is 0 Å². The number of nitrogens with one attached hydrogen (secondary N) is 1. The zero-order valence-corrected chi connectivity index (χ0v) is 11.6. The minimum atomic E-state index is 0.684. The van der Waals surface area contributed by atoms with Crippen LogP contribution in [0.1, 0.15) is 37.7 Å². The number of benzene rings is 1. The van der Waals surface area contributed by atoms with Crippen molar-refractivity contribution < 1.29 is 0 Å². The lowest BCUT2D eigenvalue weighted by Gasteiger charge is -2.23. The molecular weight excluding hydrogens is 286 g/mol. The Labute approximate surface area is 111 Å². The molecule has 0 aliphatic heterocycles. The largest absolute Gasteiger partial charge is 0.310 e. The molecule has 0 atom stereocenters. The van der Waals surface area contributed by atoms with Gasteiger partial charge >= 0.3 is 0 Å². The van der Waals surface area contributed by atoms with E-state index in [4.69, 9.17) is 11.6 Å². The fourth-order valence-corrected chi connectivity index (χ4v) is 2.83. The molecule has 1 nitrogen and oxygen atoms in total. The second-order valence-electron chi connectivity index (χ2n) is 4.45. The standard InChI is InChI=1S/C13H17BrClN/c14-11-6-7-13(15)10(8-11)9-16-12-4-2-1-3-5-12/h6-8,12,16H,1-5,9H2. The summed E-state index contributed by atoms with van der Waals surface area (Å²) in [5, 5.41) is 4.45. The Morgan fingerprint density at radius 3 is 2.75 bits per heavy atom. The Morgan fingerprint density at radius 2 is 2.00 bits per heavy atom. The fraction of sp³-hybridized carbons (Fsp3) is 0.538. The number of rotatable bonds is 3. The van der Waals surface area contributed by atoms with Crippen LogP contribution >= 0.6 is 27.5 Å². The monoisotopic (exact) mass is 301 g/mol. The minimum Gasteiger partial charge on any atom is -0.310 e. The highest BCUT2D eigenvalue weighted by Crippen LogP contribution is 2.22. The van der Waals surface area contributed by atoms with E-state index in [0.29, 0.717) is 6.04 Å². The van der Waals surface area contributed by atoms with Gasteiger partial charge in [0, 0.05) is 22.1 Å². The molecule has 1 aromatic rings. The van der Waals surface area contributed by atoms with Gasteiger partial charge in [0.25, 0.3) is 0 Å². The van der Waals surface area contributed by atoms with Crippen LogP contribution in [-0.2, 0) is 6.54 Å². The van der Waals surface area contributed by atoms with Crippen LogP contribution in [0.15, 0.2) is 22.7 Å². The van der Waals surface area contributed by atoms with Crippen LogP contribution in [0.5, 0.6) is 0 Å². The topological polar surface area (TPSA) is 12.0 Å². The molecule has 0 heterocycles. The van der Waals surface area contributed by atoms with Crippen LogP contribution in [0.25, 0.3) is 0 Å². The van der Waals surface area contributed by atoms with Crippen molar-refractivity contribution in [1.82, 2.24) is 5.32 Å². The van der Waals surface area contributed by atoms with E-state index in [0.717, 1.165) is 16.0 Å². The molecule has 0 unspecified atom stereocenters. The number of halogens is 2. The van der Waals surface area contributed by atoms with E-state index >= 15 is 0 Å². The summed E-state index contributed by atoms with van der Waals surface area (Å²) in [5.74, 6) is 0. The van der Waals surface area contributed by atoms with Gasteiger partial charge in [0.1, 0.15) is 0 Å². The quantitative estimate of drug-likeness (QED) is 0.865. The van der Waals surface area contributed by atoms with Crippen LogP contribution in [0.4, 0.5) is 0 Å².